The Kier molecular flexibility index (Phi) is 5.98. The van der Waals surface area contributed by atoms with Crippen LogP contribution < -0.4 is 0 Å². The molecular formula is C27H34F2O5S2. The summed E-state index contributed by atoms with van der Waals surface area (Å²) in [5.41, 5.74) is -6.53. The van der Waals surface area contributed by atoms with Crippen LogP contribution in [0.25, 0.3) is 0 Å². The van der Waals surface area contributed by atoms with E-state index in [4.69, 9.17) is 4.74 Å². The van der Waals surface area contributed by atoms with Gasteiger partial charge in [-0.05, 0) is 75.3 Å². The first-order chi connectivity index (χ1) is 16.7. The van der Waals surface area contributed by atoms with Crippen LogP contribution in [0.1, 0.15) is 59.8 Å². The first-order valence-corrected chi connectivity index (χ1v) is 14.2. The summed E-state index contributed by atoms with van der Waals surface area (Å²) in [7, 11) is 0. The fraction of sp³-hybridized carbons (Fsp3) is 0.741. The van der Waals surface area contributed by atoms with Crippen molar-refractivity contribution >= 4 is 41.3 Å². The predicted molar refractivity (Wildman–Crippen MR) is 136 cm³/mol. The van der Waals surface area contributed by atoms with Crippen LogP contribution in [0, 0.1) is 28.6 Å². The van der Waals surface area contributed by atoms with Gasteiger partial charge in [0.2, 0.25) is 5.12 Å². The van der Waals surface area contributed by atoms with Crippen LogP contribution in [-0.4, -0.2) is 56.0 Å². The van der Waals surface area contributed by atoms with Gasteiger partial charge in [0.1, 0.15) is 10.9 Å². The van der Waals surface area contributed by atoms with Crippen LogP contribution in [0.2, 0.25) is 0 Å². The number of esters is 1. The number of halogens is 2. The van der Waals surface area contributed by atoms with Crippen LogP contribution in [0.5, 0.6) is 0 Å². The maximum absolute atomic E-state index is 17.4. The van der Waals surface area contributed by atoms with Gasteiger partial charge in [-0.15, -0.1) is 24.4 Å². The number of thioether (sulfide) groups is 1. The number of allylic oxidation sites excluding steroid dienone is 4. The van der Waals surface area contributed by atoms with E-state index in [1.807, 2.05) is 6.92 Å². The van der Waals surface area contributed by atoms with Gasteiger partial charge < -0.3 is 9.84 Å². The summed E-state index contributed by atoms with van der Waals surface area (Å²) >= 11 is 5.71. The summed E-state index contributed by atoms with van der Waals surface area (Å²) in [6.45, 7) is 6.91. The third kappa shape index (κ3) is 3.08. The molecule has 4 aliphatic carbocycles. The number of carbonyl (C=O) groups is 3. The molecule has 0 amide bonds. The second kappa shape index (κ2) is 8.15. The van der Waals surface area contributed by atoms with Crippen molar-refractivity contribution in [3.8, 4) is 0 Å². The fourth-order valence-electron chi connectivity index (χ4n) is 8.43. The van der Waals surface area contributed by atoms with Crippen LogP contribution in [0.15, 0.2) is 23.8 Å². The normalized spacial score (nSPS) is 51.7. The average Bonchev–Trinajstić information content (AvgIpc) is 3.33. The summed E-state index contributed by atoms with van der Waals surface area (Å²) < 4.78 is 38.4. The van der Waals surface area contributed by atoms with Crippen molar-refractivity contribution in [3.63, 3.8) is 0 Å². The first kappa shape index (κ1) is 26.4. The van der Waals surface area contributed by atoms with E-state index >= 15 is 8.78 Å². The van der Waals surface area contributed by atoms with E-state index in [9.17, 15) is 19.5 Å². The highest BCUT2D eigenvalue weighted by atomic mass is 32.2. The first-order valence-electron chi connectivity index (χ1n) is 12.7. The minimum Gasteiger partial charge on any atom is -0.448 e. The number of fused-ring (bicyclic) bond motifs is 5. The minimum atomic E-state index is -2.25. The molecule has 9 heteroatoms. The summed E-state index contributed by atoms with van der Waals surface area (Å²) in [5.74, 6) is -2.08. The number of aliphatic hydroxyl groups is 1. The van der Waals surface area contributed by atoms with Gasteiger partial charge in [-0.1, -0.05) is 19.9 Å². The molecule has 0 spiro atoms. The van der Waals surface area contributed by atoms with Crippen molar-refractivity contribution in [2.45, 2.75) is 88.1 Å². The molecule has 1 unspecified atom stereocenters. The maximum Gasteiger partial charge on any atom is 0.322 e. The molecule has 1 saturated heterocycles. The molecule has 4 fully saturated rings. The molecule has 0 aromatic heterocycles. The lowest BCUT2D eigenvalue weighted by molar-refractivity contribution is -0.229. The van der Waals surface area contributed by atoms with Gasteiger partial charge in [0.15, 0.2) is 17.1 Å². The van der Waals surface area contributed by atoms with E-state index in [1.165, 1.54) is 23.9 Å². The molecule has 0 aromatic rings. The Morgan fingerprint density at radius 2 is 1.92 bits per heavy atom. The summed E-state index contributed by atoms with van der Waals surface area (Å²) in [5, 5.41) is 10.9. The lowest BCUT2D eigenvalue weighted by atomic mass is 9.44. The maximum atomic E-state index is 17.4. The lowest BCUT2D eigenvalue weighted by Gasteiger charge is -2.63. The Bertz CT molecular complexity index is 1090. The van der Waals surface area contributed by atoms with Gasteiger partial charge in [-0.3, -0.25) is 14.4 Å². The monoisotopic (exact) mass is 540 g/mol. The molecule has 5 rings (SSSR count). The van der Waals surface area contributed by atoms with E-state index < -0.39 is 73.7 Å². The molecule has 5 aliphatic rings. The van der Waals surface area contributed by atoms with Crippen LogP contribution in [0.4, 0.5) is 8.78 Å². The van der Waals surface area contributed by atoms with Crippen molar-refractivity contribution in [3.05, 3.63) is 23.8 Å². The number of alkyl halides is 2. The van der Waals surface area contributed by atoms with Crippen molar-refractivity contribution in [1.29, 1.82) is 0 Å². The van der Waals surface area contributed by atoms with Crippen molar-refractivity contribution < 1.29 is 33.0 Å². The van der Waals surface area contributed by atoms with E-state index in [1.54, 1.807) is 20.8 Å². The number of aliphatic hydroxyl groups excluding tert-OH is 1. The molecule has 1 aliphatic heterocycles. The van der Waals surface area contributed by atoms with Crippen LogP contribution >= 0.6 is 24.4 Å². The number of ketones is 1. The molecule has 5 nitrogen and oxygen atoms in total. The molecule has 1 N–H and O–H groups in total. The zero-order valence-corrected chi connectivity index (χ0v) is 22.8. The van der Waals surface area contributed by atoms with Gasteiger partial charge in [0, 0.05) is 22.7 Å². The highest BCUT2D eigenvalue weighted by molar-refractivity contribution is 8.01. The van der Waals surface area contributed by atoms with Crippen molar-refractivity contribution in [1.82, 2.24) is 0 Å². The summed E-state index contributed by atoms with van der Waals surface area (Å²) in [4.78, 5) is 38.8. The SMILES string of the molecule is C[C@@H]1C[C@H]2[C@@H]3C[C@H](F)C4=CC(=O)C=C[C@]4(C)[C@@]3(F)[C@@H](O)C[C@]2(C)[C@@]1(OC(=O)C1(C)CCCS1)C(=O)S. The van der Waals surface area contributed by atoms with Gasteiger partial charge >= 0.3 is 5.97 Å². The predicted octanol–water partition coefficient (Wildman–Crippen LogP) is 4.58. The molecule has 36 heavy (non-hydrogen) atoms. The van der Waals surface area contributed by atoms with Crippen LogP contribution in [-0.2, 0) is 19.1 Å². The lowest BCUT2D eigenvalue weighted by Crippen LogP contribution is -2.70. The number of carbonyl (C=O) groups excluding carboxylic acids is 3. The molecule has 198 valence electrons. The summed E-state index contributed by atoms with van der Waals surface area (Å²) in [6.07, 6.45) is 2.09. The third-order valence-corrected chi connectivity index (χ3v) is 12.2. The third-order valence-electron chi connectivity index (χ3n) is 10.4. The van der Waals surface area contributed by atoms with E-state index in [0.717, 1.165) is 18.2 Å². The second-order valence-electron chi connectivity index (χ2n) is 12.1. The second-order valence-corrected chi connectivity index (χ2v) is 14.1. The summed E-state index contributed by atoms with van der Waals surface area (Å²) in [6, 6.07) is 0. The molecular weight excluding hydrogens is 506 g/mol. The van der Waals surface area contributed by atoms with Crippen molar-refractivity contribution in [2.75, 3.05) is 5.75 Å². The Hall–Kier alpha value is -1.19. The van der Waals surface area contributed by atoms with Crippen molar-refractivity contribution in [2.24, 2.45) is 28.6 Å². The standard InChI is InChI=1S/C27H34F2O5S2/c1-14-10-16-17-12-19(28)18-11-15(30)6-8-23(18,2)26(17,29)20(31)13-24(16,3)27(14,22(33)35)34-21(32)25(4)7-5-9-36-25/h6,8,11,14,16-17,19-20,31H,5,7,9-10,12-13H2,1-4H3,(H,33,35)/t14-,16+,17+,19+,20+,23+,24+,25?,26+,27+/m1/s1. The number of hydrogen-bond acceptors (Lipinski definition) is 6. The highest BCUT2D eigenvalue weighted by Gasteiger charge is 2.78. The molecule has 10 atom stereocenters. The zero-order valence-electron chi connectivity index (χ0n) is 21.1. The number of rotatable bonds is 3. The molecule has 3 saturated carbocycles. The molecule has 1 heterocycles. The van der Waals surface area contributed by atoms with E-state index in [0.29, 0.717) is 12.8 Å². The van der Waals surface area contributed by atoms with Crippen LogP contribution in [0.3, 0.4) is 0 Å². The molecule has 0 bridgehead atoms. The number of thiol groups is 1. The largest absolute Gasteiger partial charge is 0.448 e. The zero-order chi connectivity index (χ0) is 26.5. The topological polar surface area (TPSA) is 80.7 Å². The smallest absolute Gasteiger partial charge is 0.322 e. The quantitative estimate of drug-likeness (QED) is 0.403. The Morgan fingerprint density at radius 3 is 2.53 bits per heavy atom. The molecule has 0 radical (unpaired) electrons. The minimum absolute atomic E-state index is 0.0524. The Labute approximate surface area is 220 Å². The van der Waals surface area contributed by atoms with E-state index in [2.05, 4.69) is 12.6 Å². The fourth-order valence-corrected chi connectivity index (χ4v) is 10.1. The Morgan fingerprint density at radius 1 is 1.22 bits per heavy atom. The molecule has 0 aromatic carbocycles. The van der Waals surface area contributed by atoms with Gasteiger partial charge in [-0.25, -0.2) is 8.78 Å². The van der Waals surface area contributed by atoms with Gasteiger partial charge in [0.05, 0.1) is 6.10 Å². The highest BCUT2D eigenvalue weighted by Crippen LogP contribution is 2.72. The number of hydrogen-bond donors (Lipinski definition) is 2. The average molecular weight is 541 g/mol. The van der Waals surface area contributed by atoms with Gasteiger partial charge in [-0.2, -0.15) is 0 Å². The van der Waals surface area contributed by atoms with E-state index in [-0.39, 0.29) is 18.4 Å². The Balaban J connectivity index is 1.60. The number of ether oxygens (including phenoxy) is 1. The van der Waals surface area contributed by atoms with Gasteiger partial charge in [0.25, 0.3) is 0 Å².